The fourth-order valence-corrected chi connectivity index (χ4v) is 6.98. The van der Waals surface area contributed by atoms with E-state index in [9.17, 15) is 19.8 Å². The van der Waals surface area contributed by atoms with E-state index in [2.05, 4.69) is 4.76 Å². The number of hydrogen-bond donors (Lipinski definition) is 1. The van der Waals surface area contributed by atoms with Gasteiger partial charge in [0.05, 0.1) is 18.7 Å². The van der Waals surface area contributed by atoms with Crippen LogP contribution in [0.4, 0.5) is 5.88 Å². The Morgan fingerprint density at radius 3 is 2.26 bits per heavy atom. The number of nitro groups is 1. The van der Waals surface area contributed by atoms with Gasteiger partial charge in [0.2, 0.25) is 0 Å². The summed E-state index contributed by atoms with van der Waals surface area (Å²) in [6.45, 7) is 0.0566. The molecule has 0 saturated carbocycles. The molecule has 0 fully saturated rings. The molecule has 0 saturated heterocycles. The van der Waals surface area contributed by atoms with Crippen LogP contribution < -0.4 is 9.05 Å². The average Bonchev–Trinajstić information content (AvgIpc) is 3.68. The zero-order chi connectivity index (χ0) is 29.1. The number of fused-ring (bicyclic) bond motifs is 1. The fraction of sp³-hybridized carbons (Fsp3) is 0.100. The summed E-state index contributed by atoms with van der Waals surface area (Å²) in [4.78, 5) is 13.5. The molecule has 0 amide bonds. The van der Waals surface area contributed by atoms with Gasteiger partial charge in [-0.3, -0.25) is 10.1 Å². The second-order valence-corrected chi connectivity index (χ2v) is 11.9. The Hall–Kier alpha value is -4.86. The fourth-order valence-electron chi connectivity index (χ4n) is 4.76. The van der Waals surface area contributed by atoms with Gasteiger partial charge >= 0.3 is 13.6 Å². The lowest BCUT2D eigenvalue weighted by atomic mass is 9.90. The number of phenols is 1. The number of para-hydroxylation sites is 2. The van der Waals surface area contributed by atoms with Gasteiger partial charge in [0.25, 0.3) is 0 Å². The van der Waals surface area contributed by atoms with Crippen LogP contribution in [0.3, 0.4) is 0 Å². The second-order valence-electron chi connectivity index (χ2n) is 9.40. The number of furan rings is 1. The molecule has 1 aliphatic rings. The highest BCUT2D eigenvalue weighted by atomic mass is 32.1. The highest BCUT2D eigenvalue weighted by molar-refractivity contribution is 7.53. The molecular formula is C30H24N3O7PS. The first-order valence-corrected chi connectivity index (χ1v) is 15.3. The first-order valence-electron chi connectivity index (χ1n) is 12.9. The van der Waals surface area contributed by atoms with E-state index in [0.29, 0.717) is 23.1 Å². The van der Waals surface area contributed by atoms with E-state index in [0.717, 1.165) is 16.0 Å². The normalized spacial score (nSPS) is 15.8. The number of rotatable bonds is 9. The molecule has 5 aromatic rings. The molecule has 12 heteroatoms. The SMILES string of the molecule is O=[N+]([O-])c1ccc(CN2/C(=N\P(=O)(Oc3ccccc3)Oc3ccccc3)Cc3ccc(O)cc3C2c2cccs2)o1. The Labute approximate surface area is 244 Å². The molecule has 0 bridgehead atoms. The minimum atomic E-state index is -4.25. The third-order valence-electron chi connectivity index (χ3n) is 6.55. The van der Waals surface area contributed by atoms with Crippen molar-refractivity contribution in [2.24, 2.45) is 4.76 Å². The Bertz CT molecular complexity index is 1730. The van der Waals surface area contributed by atoms with Crippen LogP contribution in [-0.4, -0.2) is 20.8 Å². The Balaban J connectivity index is 1.50. The van der Waals surface area contributed by atoms with Crippen molar-refractivity contribution in [3.8, 4) is 17.2 Å². The Morgan fingerprint density at radius 2 is 1.67 bits per heavy atom. The molecule has 42 heavy (non-hydrogen) atoms. The molecule has 1 N–H and O–H groups in total. The monoisotopic (exact) mass is 601 g/mol. The van der Waals surface area contributed by atoms with Gasteiger partial charge in [0, 0.05) is 11.3 Å². The lowest BCUT2D eigenvalue weighted by Crippen LogP contribution is -2.40. The molecule has 3 aromatic carbocycles. The number of thiophene rings is 1. The van der Waals surface area contributed by atoms with Crippen LogP contribution in [0.5, 0.6) is 17.2 Å². The number of phenolic OH excluding ortho intramolecular Hbond substituents is 1. The van der Waals surface area contributed by atoms with Crippen molar-refractivity contribution in [1.29, 1.82) is 0 Å². The van der Waals surface area contributed by atoms with Gasteiger partial charge in [-0.05, 0) is 65.0 Å². The zero-order valence-corrected chi connectivity index (χ0v) is 23.7. The third-order valence-corrected chi connectivity index (χ3v) is 8.83. The van der Waals surface area contributed by atoms with Crippen molar-refractivity contribution in [2.75, 3.05) is 0 Å². The summed E-state index contributed by atoms with van der Waals surface area (Å²) >= 11 is 1.50. The van der Waals surface area contributed by atoms with E-state index in [1.165, 1.54) is 23.5 Å². The number of aromatic hydroxyl groups is 1. The van der Waals surface area contributed by atoms with Gasteiger partial charge in [0.15, 0.2) is 0 Å². The molecular weight excluding hydrogens is 577 g/mol. The maximum atomic E-state index is 14.5. The maximum Gasteiger partial charge on any atom is 0.564 e. The largest absolute Gasteiger partial charge is 0.564 e. The van der Waals surface area contributed by atoms with Crippen LogP contribution in [0.25, 0.3) is 0 Å². The molecule has 10 nitrogen and oxygen atoms in total. The van der Waals surface area contributed by atoms with Crippen LogP contribution >= 0.6 is 19.1 Å². The minimum absolute atomic E-state index is 0.0566. The van der Waals surface area contributed by atoms with Crippen molar-refractivity contribution in [3.63, 3.8) is 0 Å². The quantitative estimate of drug-likeness (QED) is 0.103. The molecule has 1 aliphatic heterocycles. The topological polar surface area (TPSA) is 128 Å². The summed E-state index contributed by atoms with van der Waals surface area (Å²) in [6.07, 6.45) is 0.223. The number of amidine groups is 1. The number of hydrogen-bond acceptors (Lipinski definition) is 8. The Morgan fingerprint density at radius 1 is 0.976 bits per heavy atom. The summed E-state index contributed by atoms with van der Waals surface area (Å²) in [5, 5.41) is 23.7. The van der Waals surface area contributed by atoms with E-state index in [1.54, 1.807) is 66.7 Å². The van der Waals surface area contributed by atoms with Gasteiger partial charge in [-0.15, -0.1) is 16.1 Å². The standard InChI is InChI=1S/C30H24N3O7PS/c34-22-14-13-21-18-28(31-41(37,39-23-8-3-1-4-9-23)40-24-10-5-2-6-11-24)32(20-25-15-16-29(38-25)33(35)36)30(26(21)19-22)27-12-7-17-42-27/h1-17,19,30,34H,18,20H2/b31-28-. The van der Waals surface area contributed by atoms with Crippen LogP contribution in [-0.2, 0) is 17.5 Å². The summed E-state index contributed by atoms with van der Waals surface area (Å²) in [6, 6.07) is 28.5. The molecule has 0 aliphatic carbocycles. The Kier molecular flexibility index (Phi) is 7.52. The van der Waals surface area contributed by atoms with E-state index in [4.69, 9.17) is 13.5 Å². The van der Waals surface area contributed by atoms with Crippen LogP contribution in [0.2, 0.25) is 0 Å². The number of nitrogens with zero attached hydrogens (tertiary/aromatic N) is 3. The van der Waals surface area contributed by atoms with Gasteiger partial charge in [0.1, 0.15) is 33.8 Å². The molecule has 6 rings (SSSR count). The highest BCUT2D eigenvalue weighted by Gasteiger charge is 2.38. The van der Waals surface area contributed by atoms with Crippen LogP contribution in [0, 0.1) is 10.1 Å². The average molecular weight is 602 g/mol. The number of benzene rings is 3. The third kappa shape index (κ3) is 5.93. The van der Waals surface area contributed by atoms with Crippen molar-refractivity contribution >= 4 is 30.8 Å². The highest BCUT2D eigenvalue weighted by Crippen LogP contribution is 2.52. The van der Waals surface area contributed by atoms with Gasteiger partial charge in [-0.2, -0.15) is 0 Å². The van der Waals surface area contributed by atoms with Gasteiger partial charge in [-0.25, -0.2) is 4.57 Å². The minimum Gasteiger partial charge on any atom is -0.508 e. The molecule has 3 heterocycles. The summed E-state index contributed by atoms with van der Waals surface area (Å²) < 4.78 is 36.6. The lowest BCUT2D eigenvalue weighted by Gasteiger charge is -2.39. The van der Waals surface area contributed by atoms with Gasteiger partial charge in [-0.1, -0.05) is 48.5 Å². The van der Waals surface area contributed by atoms with Crippen molar-refractivity contribution in [1.82, 2.24) is 4.90 Å². The van der Waals surface area contributed by atoms with Crippen molar-refractivity contribution < 1.29 is 28.1 Å². The lowest BCUT2D eigenvalue weighted by molar-refractivity contribution is -0.402. The van der Waals surface area contributed by atoms with E-state index in [1.807, 2.05) is 34.5 Å². The molecule has 0 radical (unpaired) electrons. The summed E-state index contributed by atoms with van der Waals surface area (Å²) in [7, 11) is -4.25. The molecule has 2 aromatic heterocycles. The predicted molar refractivity (Wildman–Crippen MR) is 158 cm³/mol. The van der Waals surface area contributed by atoms with Gasteiger partial charge < -0.3 is 23.5 Å². The maximum absolute atomic E-state index is 14.5. The van der Waals surface area contributed by atoms with E-state index >= 15 is 0 Å². The van der Waals surface area contributed by atoms with Crippen molar-refractivity contribution in [2.45, 2.75) is 19.0 Å². The zero-order valence-electron chi connectivity index (χ0n) is 22.0. The predicted octanol–water partition coefficient (Wildman–Crippen LogP) is 7.77. The molecule has 0 spiro atoms. The molecule has 1 unspecified atom stereocenters. The summed E-state index contributed by atoms with van der Waals surface area (Å²) in [5.41, 5.74) is 1.68. The van der Waals surface area contributed by atoms with Crippen LogP contribution in [0.15, 0.2) is 118 Å². The first-order chi connectivity index (χ1) is 20.4. The van der Waals surface area contributed by atoms with E-state index in [-0.39, 0.29) is 18.7 Å². The molecule has 1 atom stereocenters. The van der Waals surface area contributed by atoms with Crippen LogP contribution in [0.1, 0.15) is 27.8 Å². The van der Waals surface area contributed by atoms with Crippen molar-refractivity contribution in [3.05, 3.63) is 140 Å². The summed E-state index contributed by atoms with van der Waals surface area (Å²) in [5.74, 6) is 0.991. The molecule has 212 valence electrons. The van der Waals surface area contributed by atoms with E-state index < -0.39 is 24.6 Å². The second kappa shape index (κ2) is 11.6. The first kappa shape index (κ1) is 27.3. The smallest absolute Gasteiger partial charge is 0.508 e.